The van der Waals surface area contributed by atoms with Gasteiger partial charge in [0.15, 0.2) is 4.77 Å². The molecule has 0 fully saturated rings. The van der Waals surface area contributed by atoms with E-state index in [1.54, 1.807) is 6.92 Å². The second-order valence-electron chi connectivity index (χ2n) is 7.05. The summed E-state index contributed by atoms with van der Waals surface area (Å²) in [5, 5.41) is 12.8. The first-order valence-corrected chi connectivity index (χ1v) is 10.0. The molecule has 0 aliphatic rings. The fraction of sp³-hybridized carbons (Fsp3) is 0.261. The Morgan fingerprint density at radius 1 is 1.07 bits per heavy atom. The molecule has 158 valence electrons. The first-order chi connectivity index (χ1) is 14.1. The molecule has 6 nitrogen and oxygen atoms in total. The summed E-state index contributed by atoms with van der Waals surface area (Å²) in [5.41, 5.74) is 4.89. The maximum Gasteiger partial charge on any atom is 0.258 e. The van der Waals surface area contributed by atoms with Crippen LogP contribution in [0.5, 0.6) is 5.88 Å². The molecule has 0 saturated carbocycles. The van der Waals surface area contributed by atoms with Crippen LogP contribution in [0, 0.1) is 32.5 Å². The smallest absolute Gasteiger partial charge is 0.258 e. The molecule has 0 saturated heterocycles. The van der Waals surface area contributed by atoms with Crippen LogP contribution in [-0.2, 0) is 4.79 Å². The average Bonchev–Trinajstić information content (AvgIpc) is 2.71. The molecule has 0 atom stereocenters. The molecule has 1 heterocycles. The summed E-state index contributed by atoms with van der Waals surface area (Å²) < 4.78 is 1.62. The highest BCUT2D eigenvalue weighted by Gasteiger charge is 2.09. The number of carbonyl (C=O) groups excluding carboxylic acids is 1. The fourth-order valence-electron chi connectivity index (χ4n) is 2.79. The predicted octanol–water partition coefficient (Wildman–Crippen LogP) is 4.87. The van der Waals surface area contributed by atoms with Crippen molar-refractivity contribution in [2.45, 2.75) is 41.0 Å². The largest absolute Gasteiger partial charge is 0.494 e. The van der Waals surface area contributed by atoms with E-state index in [0.29, 0.717) is 6.42 Å². The van der Waals surface area contributed by atoms with Crippen molar-refractivity contribution >= 4 is 23.8 Å². The Balaban J connectivity index is 0.000000222. The van der Waals surface area contributed by atoms with Crippen molar-refractivity contribution in [3.63, 3.8) is 0 Å². The number of aromatic hydroxyl groups is 1. The minimum Gasteiger partial charge on any atom is -0.494 e. The van der Waals surface area contributed by atoms with Crippen LogP contribution in [0.1, 0.15) is 35.6 Å². The van der Waals surface area contributed by atoms with Crippen molar-refractivity contribution < 1.29 is 9.90 Å². The molecule has 0 radical (unpaired) electrons. The van der Waals surface area contributed by atoms with Gasteiger partial charge in [-0.05, 0) is 63.2 Å². The molecule has 0 aliphatic heterocycles. The van der Waals surface area contributed by atoms with Crippen LogP contribution in [0.15, 0.2) is 47.3 Å². The number of hydrogen-bond donors (Lipinski definition) is 3. The summed E-state index contributed by atoms with van der Waals surface area (Å²) in [6, 6.07) is 13.5. The molecule has 30 heavy (non-hydrogen) atoms. The van der Waals surface area contributed by atoms with Gasteiger partial charge in [0.05, 0.1) is 11.3 Å². The Kier molecular flexibility index (Phi) is 7.72. The summed E-state index contributed by atoms with van der Waals surface area (Å²) in [5.74, 6) is -0.0556. The maximum atomic E-state index is 11.4. The number of nitrogens with zero attached hydrogens (tertiary/aromatic N) is 1. The Morgan fingerprint density at radius 3 is 2.17 bits per heavy atom. The molecule has 0 spiro atoms. The van der Waals surface area contributed by atoms with Crippen molar-refractivity contribution in [1.29, 1.82) is 0 Å². The Hall–Kier alpha value is -3.19. The molecule has 1 amide bonds. The lowest BCUT2D eigenvalue weighted by molar-refractivity contribution is -0.115. The van der Waals surface area contributed by atoms with E-state index in [1.807, 2.05) is 70.2 Å². The number of aromatic nitrogens is 2. The van der Waals surface area contributed by atoms with Crippen LogP contribution in [0.4, 0.5) is 5.69 Å². The number of nitrogens with one attached hydrogen (secondary N) is 2. The molecule has 0 unspecified atom stereocenters. The van der Waals surface area contributed by atoms with Gasteiger partial charge >= 0.3 is 0 Å². The summed E-state index contributed by atoms with van der Waals surface area (Å²) in [6.45, 7) is 9.37. The van der Waals surface area contributed by atoms with Gasteiger partial charge in [-0.25, -0.2) is 0 Å². The number of carbonyl (C=O) groups is 1. The number of rotatable bonds is 3. The summed E-state index contributed by atoms with van der Waals surface area (Å²) >= 11 is 5.05. The Bertz CT molecular complexity index is 1140. The van der Waals surface area contributed by atoms with Crippen LogP contribution in [0.2, 0.25) is 0 Å². The highest BCUT2D eigenvalue weighted by molar-refractivity contribution is 7.71. The van der Waals surface area contributed by atoms with Crippen LogP contribution in [0.3, 0.4) is 0 Å². The molecular weight excluding hydrogens is 398 g/mol. The van der Waals surface area contributed by atoms with E-state index in [-0.39, 0.29) is 27.7 Å². The van der Waals surface area contributed by atoms with Crippen molar-refractivity contribution in [1.82, 2.24) is 9.55 Å². The van der Waals surface area contributed by atoms with E-state index < -0.39 is 0 Å². The van der Waals surface area contributed by atoms with Gasteiger partial charge in [-0.3, -0.25) is 19.1 Å². The first kappa shape index (κ1) is 23.1. The molecule has 3 aromatic rings. The molecular formula is C23H27N3O3S. The van der Waals surface area contributed by atoms with E-state index in [9.17, 15) is 14.7 Å². The molecule has 2 aromatic carbocycles. The van der Waals surface area contributed by atoms with E-state index in [2.05, 4.69) is 10.3 Å². The zero-order valence-electron chi connectivity index (χ0n) is 17.9. The van der Waals surface area contributed by atoms with Crippen molar-refractivity contribution in [2.75, 3.05) is 5.32 Å². The monoisotopic (exact) mass is 425 g/mol. The summed E-state index contributed by atoms with van der Waals surface area (Å²) in [7, 11) is 0. The van der Waals surface area contributed by atoms with Gasteiger partial charge in [0, 0.05) is 12.1 Å². The van der Waals surface area contributed by atoms with Gasteiger partial charge in [0.25, 0.3) is 5.56 Å². The maximum absolute atomic E-state index is 11.4. The van der Waals surface area contributed by atoms with Gasteiger partial charge < -0.3 is 10.4 Å². The number of anilines is 1. The third kappa shape index (κ3) is 5.45. The second kappa shape index (κ2) is 10.0. The number of benzene rings is 2. The predicted molar refractivity (Wildman–Crippen MR) is 123 cm³/mol. The topological polar surface area (TPSA) is 87.1 Å². The number of hydrogen-bond acceptors (Lipinski definition) is 4. The van der Waals surface area contributed by atoms with Gasteiger partial charge in [0.1, 0.15) is 0 Å². The van der Waals surface area contributed by atoms with Crippen LogP contribution in [-0.4, -0.2) is 20.6 Å². The van der Waals surface area contributed by atoms with E-state index in [0.717, 1.165) is 28.1 Å². The molecule has 7 heteroatoms. The van der Waals surface area contributed by atoms with Crippen LogP contribution < -0.4 is 10.9 Å². The Labute approximate surface area is 181 Å². The standard InChI is InChI=1S/C12H12N2O2S.C11H15NO/c1-7-3-5-9(6-4-7)14-11(16)8(2)10(15)13-12(14)17;1-4-10(13)12-11-8(2)6-5-7-9(11)3/h3-6,16H,1-2H3,(H,13,15,17);5-7H,4H2,1-3H3,(H,12,13). The number of aromatic amines is 1. The van der Waals surface area contributed by atoms with Gasteiger partial charge in [0.2, 0.25) is 11.8 Å². The molecule has 0 aliphatic carbocycles. The van der Waals surface area contributed by atoms with Gasteiger partial charge in [-0.2, -0.15) is 0 Å². The molecule has 1 aromatic heterocycles. The fourth-order valence-corrected chi connectivity index (χ4v) is 3.07. The summed E-state index contributed by atoms with van der Waals surface area (Å²) in [6.07, 6.45) is 0.522. The average molecular weight is 426 g/mol. The molecule has 0 bridgehead atoms. The number of H-pyrrole nitrogens is 1. The number of amides is 1. The minimum absolute atomic E-state index is 0.0670. The van der Waals surface area contributed by atoms with Crippen LogP contribution in [0.25, 0.3) is 5.69 Å². The van der Waals surface area contributed by atoms with E-state index >= 15 is 0 Å². The number of aryl methyl sites for hydroxylation is 3. The van der Waals surface area contributed by atoms with Crippen molar-refractivity contribution in [3.05, 3.63) is 79.8 Å². The van der Waals surface area contributed by atoms with Crippen molar-refractivity contribution in [2.24, 2.45) is 0 Å². The minimum atomic E-state index is -0.365. The van der Waals surface area contributed by atoms with E-state index in [4.69, 9.17) is 12.2 Å². The van der Waals surface area contributed by atoms with E-state index in [1.165, 1.54) is 4.57 Å². The highest BCUT2D eigenvalue weighted by Crippen LogP contribution is 2.20. The Morgan fingerprint density at radius 2 is 1.63 bits per heavy atom. The molecule has 3 rings (SSSR count). The normalized spacial score (nSPS) is 10.2. The zero-order chi connectivity index (χ0) is 22.4. The molecule has 3 N–H and O–H groups in total. The first-order valence-electron chi connectivity index (χ1n) is 9.63. The number of para-hydroxylation sites is 1. The van der Waals surface area contributed by atoms with Crippen LogP contribution >= 0.6 is 12.2 Å². The lowest BCUT2D eigenvalue weighted by Gasteiger charge is -2.11. The third-order valence-corrected chi connectivity index (χ3v) is 4.95. The SMILES string of the molecule is CCC(=O)Nc1c(C)cccc1C.Cc1ccc(-n2c(O)c(C)c(=O)[nH]c2=S)cc1. The second-order valence-corrected chi connectivity index (χ2v) is 7.43. The van der Waals surface area contributed by atoms with Crippen molar-refractivity contribution in [3.8, 4) is 11.6 Å². The lowest BCUT2D eigenvalue weighted by Crippen LogP contribution is -2.15. The van der Waals surface area contributed by atoms with Gasteiger partial charge in [-0.1, -0.05) is 42.8 Å². The third-order valence-electron chi connectivity index (χ3n) is 4.67. The zero-order valence-corrected chi connectivity index (χ0v) is 18.7. The quantitative estimate of drug-likeness (QED) is 0.523. The lowest BCUT2D eigenvalue weighted by atomic mass is 10.1. The summed E-state index contributed by atoms with van der Waals surface area (Å²) in [4.78, 5) is 25.1. The van der Waals surface area contributed by atoms with Gasteiger partial charge in [-0.15, -0.1) is 0 Å². The highest BCUT2D eigenvalue weighted by atomic mass is 32.1.